The molecule has 1 N–H and O–H groups in total. The highest BCUT2D eigenvalue weighted by molar-refractivity contribution is 5.78. The maximum Gasteiger partial charge on any atom is 0.236 e. The Kier molecular flexibility index (Phi) is 4.05. The highest BCUT2D eigenvalue weighted by Gasteiger charge is 2.33. The van der Waals surface area contributed by atoms with E-state index in [1.54, 1.807) is 0 Å². The number of rotatable bonds is 2. The number of nitrogens with one attached hydrogen (secondary N) is 1. The Morgan fingerprint density at radius 2 is 2.00 bits per heavy atom. The average molecular weight is 239 g/mol. The van der Waals surface area contributed by atoms with Crippen molar-refractivity contribution in [1.29, 1.82) is 0 Å². The molecule has 2 fully saturated rings. The lowest BCUT2D eigenvalue weighted by atomic mass is 10.0. The van der Waals surface area contributed by atoms with Gasteiger partial charge in [-0.15, -0.1) is 0 Å². The van der Waals surface area contributed by atoms with Gasteiger partial charge < -0.3 is 10.2 Å². The second-order valence-electron chi connectivity index (χ2n) is 5.82. The van der Waals surface area contributed by atoms with Gasteiger partial charge in [0.2, 0.25) is 5.91 Å². The van der Waals surface area contributed by atoms with Crippen LogP contribution in [-0.2, 0) is 4.79 Å². The smallest absolute Gasteiger partial charge is 0.236 e. The Morgan fingerprint density at radius 3 is 2.71 bits per heavy atom. The summed E-state index contributed by atoms with van der Waals surface area (Å²) in [5.41, 5.74) is 0.208. The molecule has 0 saturated carbocycles. The number of amides is 1. The summed E-state index contributed by atoms with van der Waals surface area (Å²) in [4.78, 5) is 16.6. The van der Waals surface area contributed by atoms with Gasteiger partial charge in [0.15, 0.2) is 0 Å². The van der Waals surface area contributed by atoms with Crippen LogP contribution in [0.5, 0.6) is 0 Å². The fourth-order valence-electron chi connectivity index (χ4n) is 2.81. The first-order valence-electron chi connectivity index (χ1n) is 6.83. The Balaban J connectivity index is 1.87. The number of hydrogen-bond donors (Lipinski definition) is 1. The Bertz CT molecular complexity index is 270. The minimum atomic E-state index is 0.208. The van der Waals surface area contributed by atoms with Crippen molar-refractivity contribution in [3.8, 4) is 0 Å². The van der Waals surface area contributed by atoms with Crippen LogP contribution in [0.4, 0.5) is 0 Å². The molecule has 2 aliphatic rings. The van der Waals surface area contributed by atoms with E-state index >= 15 is 0 Å². The molecule has 98 valence electrons. The van der Waals surface area contributed by atoms with Gasteiger partial charge in [-0.2, -0.15) is 0 Å². The molecule has 0 bridgehead atoms. The first-order chi connectivity index (χ1) is 8.09. The summed E-state index contributed by atoms with van der Waals surface area (Å²) >= 11 is 0. The summed E-state index contributed by atoms with van der Waals surface area (Å²) in [5, 5.41) is 3.33. The van der Waals surface area contributed by atoms with Gasteiger partial charge in [0.25, 0.3) is 0 Å². The monoisotopic (exact) mass is 239 g/mol. The lowest BCUT2D eigenvalue weighted by Crippen LogP contribution is -2.46. The van der Waals surface area contributed by atoms with E-state index in [1.165, 1.54) is 12.8 Å². The quantitative estimate of drug-likeness (QED) is 0.770. The zero-order valence-electron chi connectivity index (χ0n) is 11.2. The minimum absolute atomic E-state index is 0.208. The molecule has 1 amide bonds. The SMILES string of the molecule is CC1(C)CCCN1CC(=O)N1CCCNCC1. The molecule has 0 aliphatic carbocycles. The van der Waals surface area contributed by atoms with E-state index in [0.717, 1.165) is 39.1 Å². The van der Waals surface area contributed by atoms with Gasteiger partial charge in [-0.1, -0.05) is 0 Å². The maximum absolute atomic E-state index is 12.3. The number of nitrogens with zero attached hydrogens (tertiary/aromatic N) is 2. The van der Waals surface area contributed by atoms with Crippen molar-refractivity contribution < 1.29 is 4.79 Å². The van der Waals surface area contributed by atoms with Crippen LogP contribution in [0, 0.1) is 0 Å². The fraction of sp³-hybridized carbons (Fsp3) is 0.923. The molecular formula is C13H25N3O. The minimum Gasteiger partial charge on any atom is -0.340 e. The predicted octanol–water partition coefficient (Wildman–Crippen LogP) is 0.683. The molecule has 0 unspecified atom stereocenters. The molecule has 4 nitrogen and oxygen atoms in total. The number of likely N-dealkylation sites (tertiary alicyclic amines) is 1. The molecule has 4 heteroatoms. The zero-order valence-corrected chi connectivity index (χ0v) is 11.2. The van der Waals surface area contributed by atoms with E-state index in [1.807, 2.05) is 4.90 Å². The normalized spacial score (nSPS) is 25.9. The summed E-state index contributed by atoms with van der Waals surface area (Å²) < 4.78 is 0. The van der Waals surface area contributed by atoms with Gasteiger partial charge in [0, 0.05) is 25.2 Å². The van der Waals surface area contributed by atoms with Crippen molar-refractivity contribution in [1.82, 2.24) is 15.1 Å². The van der Waals surface area contributed by atoms with E-state index in [9.17, 15) is 4.79 Å². The zero-order chi connectivity index (χ0) is 12.3. The molecule has 2 rings (SSSR count). The molecule has 0 aromatic carbocycles. The number of hydrogen-bond acceptors (Lipinski definition) is 3. The maximum atomic E-state index is 12.3. The van der Waals surface area contributed by atoms with Crippen molar-refractivity contribution in [3.05, 3.63) is 0 Å². The van der Waals surface area contributed by atoms with E-state index in [-0.39, 0.29) is 5.54 Å². The highest BCUT2D eigenvalue weighted by atomic mass is 16.2. The highest BCUT2D eigenvalue weighted by Crippen LogP contribution is 2.27. The fourth-order valence-corrected chi connectivity index (χ4v) is 2.81. The predicted molar refractivity (Wildman–Crippen MR) is 69.0 cm³/mol. The van der Waals surface area contributed by atoms with Gasteiger partial charge in [-0.05, 0) is 46.2 Å². The first kappa shape index (κ1) is 12.8. The molecule has 2 aliphatic heterocycles. The van der Waals surface area contributed by atoms with Crippen LogP contribution in [0.2, 0.25) is 0 Å². The average Bonchev–Trinajstić information content (AvgIpc) is 2.54. The van der Waals surface area contributed by atoms with Gasteiger partial charge in [-0.25, -0.2) is 0 Å². The summed E-state index contributed by atoms with van der Waals surface area (Å²) in [6, 6.07) is 0. The molecule has 0 radical (unpaired) electrons. The van der Waals surface area contributed by atoms with Gasteiger partial charge in [0.1, 0.15) is 0 Å². The van der Waals surface area contributed by atoms with Crippen LogP contribution in [0.25, 0.3) is 0 Å². The lowest BCUT2D eigenvalue weighted by molar-refractivity contribution is -0.133. The third kappa shape index (κ3) is 3.19. The third-order valence-corrected chi connectivity index (χ3v) is 4.09. The van der Waals surface area contributed by atoms with Crippen molar-refractivity contribution in [2.24, 2.45) is 0 Å². The topological polar surface area (TPSA) is 35.6 Å². The van der Waals surface area contributed by atoms with Crippen LogP contribution in [-0.4, -0.2) is 60.5 Å². The summed E-state index contributed by atoms with van der Waals surface area (Å²) in [7, 11) is 0. The van der Waals surface area contributed by atoms with Crippen LogP contribution < -0.4 is 5.32 Å². The molecule has 17 heavy (non-hydrogen) atoms. The van der Waals surface area contributed by atoms with Crippen molar-refractivity contribution in [2.75, 3.05) is 39.3 Å². The van der Waals surface area contributed by atoms with Crippen molar-refractivity contribution in [2.45, 2.75) is 38.6 Å². The third-order valence-electron chi connectivity index (χ3n) is 4.09. The van der Waals surface area contributed by atoms with Crippen molar-refractivity contribution >= 4 is 5.91 Å². The molecular weight excluding hydrogens is 214 g/mol. The van der Waals surface area contributed by atoms with E-state index in [0.29, 0.717) is 12.5 Å². The molecule has 0 atom stereocenters. The van der Waals surface area contributed by atoms with Crippen LogP contribution >= 0.6 is 0 Å². The van der Waals surface area contributed by atoms with E-state index < -0.39 is 0 Å². The standard InChI is InChI=1S/C13H25N3O/c1-13(2)5-3-9-16(13)11-12(17)15-8-4-6-14-7-10-15/h14H,3-11H2,1-2H3. The first-order valence-corrected chi connectivity index (χ1v) is 6.83. The van der Waals surface area contributed by atoms with E-state index in [2.05, 4.69) is 24.1 Å². The summed E-state index contributed by atoms with van der Waals surface area (Å²) in [5.74, 6) is 0.309. The largest absolute Gasteiger partial charge is 0.340 e. The Hall–Kier alpha value is -0.610. The second-order valence-corrected chi connectivity index (χ2v) is 5.82. The molecule has 2 heterocycles. The van der Waals surface area contributed by atoms with Gasteiger partial charge in [0.05, 0.1) is 6.54 Å². The van der Waals surface area contributed by atoms with Gasteiger partial charge >= 0.3 is 0 Å². The Morgan fingerprint density at radius 1 is 1.18 bits per heavy atom. The molecule has 2 saturated heterocycles. The summed E-state index contributed by atoms with van der Waals surface area (Å²) in [6.07, 6.45) is 3.51. The molecule has 0 aromatic rings. The number of carbonyl (C=O) groups excluding carboxylic acids is 1. The number of carbonyl (C=O) groups is 1. The Labute approximate surface area is 104 Å². The van der Waals surface area contributed by atoms with Crippen LogP contribution in [0.1, 0.15) is 33.1 Å². The molecule has 0 aromatic heterocycles. The molecule has 0 spiro atoms. The van der Waals surface area contributed by atoms with E-state index in [4.69, 9.17) is 0 Å². The second kappa shape index (κ2) is 5.36. The van der Waals surface area contributed by atoms with Crippen LogP contribution in [0.15, 0.2) is 0 Å². The summed E-state index contributed by atoms with van der Waals surface area (Å²) in [6.45, 7) is 9.94. The van der Waals surface area contributed by atoms with Crippen molar-refractivity contribution in [3.63, 3.8) is 0 Å². The lowest BCUT2D eigenvalue weighted by Gasteiger charge is -2.32. The van der Waals surface area contributed by atoms with Crippen LogP contribution in [0.3, 0.4) is 0 Å². The van der Waals surface area contributed by atoms with Gasteiger partial charge in [-0.3, -0.25) is 9.69 Å².